The van der Waals surface area contributed by atoms with Gasteiger partial charge in [-0.2, -0.15) is 0 Å². The van der Waals surface area contributed by atoms with Crippen LogP contribution in [-0.4, -0.2) is 21.5 Å². The number of fused-ring (bicyclic) bond motifs is 1. The van der Waals surface area contributed by atoms with E-state index in [4.69, 9.17) is 16.2 Å². The molecule has 0 atom stereocenters. The van der Waals surface area contributed by atoms with Crippen molar-refractivity contribution in [2.24, 2.45) is 5.73 Å². The number of carbonyl (C=O) groups is 1. The summed E-state index contributed by atoms with van der Waals surface area (Å²) >= 11 is 0. The predicted molar refractivity (Wildman–Crippen MR) is 113 cm³/mol. The van der Waals surface area contributed by atoms with E-state index in [1.165, 1.54) is 16.7 Å². The molecule has 0 aliphatic carbocycles. The number of amidine groups is 1. The molecule has 5 heteroatoms. The maximum absolute atomic E-state index is 10.8. The lowest BCUT2D eigenvalue weighted by Crippen LogP contribution is -2.12. The Morgan fingerprint density at radius 3 is 2.54 bits per heavy atom. The lowest BCUT2D eigenvalue weighted by atomic mass is 9.98. The minimum Gasteiger partial charge on any atom is -0.481 e. The summed E-state index contributed by atoms with van der Waals surface area (Å²) < 4.78 is 2.10. The Balaban J connectivity index is 1.90. The van der Waals surface area contributed by atoms with E-state index < -0.39 is 5.97 Å². The van der Waals surface area contributed by atoms with Gasteiger partial charge in [-0.05, 0) is 48.9 Å². The van der Waals surface area contributed by atoms with Crippen molar-refractivity contribution in [1.29, 1.82) is 5.41 Å². The van der Waals surface area contributed by atoms with Crippen LogP contribution in [0.5, 0.6) is 0 Å². The summed E-state index contributed by atoms with van der Waals surface area (Å²) in [6.07, 6.45) is 5.02. The number of nitrogens with zero attached hydrogens (tertiary/aromatic N) is 1. The molecule has 0 aliphatic rings. The van der Waals surface area contributed by atoms with Gasteiger partial charge in [0.2, 0.25) is 0 Å². The van der Waals surface area contributed by atoms with Crippen molar-refractivity contribution >= 4 is 22.7 Å². The molecule has 4 N–H and O–H groups in total. The molecular formula is C23H27N3O2. The molecule has 0 unspecified atom stereocenters. The van der Waals surface area contributed by atoms with Crippen molar-refractivity contribution in [3.05, 3.63) is 70.9 Å². The van der Waals surface area contributed by atoms with Gasteiger partial charge < -0.3 is 15.4 Å². The SMILES string of the molecule is Cc1ccc(CCc2cccc3c2c(CC(=N)N)cn3CCCC(=O)O)cc1. The Kier molecular flexibility index (Phi) is 6.14. The molecule has 0 amide bonds. The van der Waals surface area contributed by atoms with E-state index in [0.29, 0.717) is 19.4 Å². The molecule has 5 nitrogen and oxygen atoms in total. The second kappa shape index (κ2) is 8.74. The van der Waals surface area contributed by atoms with Gasteiger partial charge in [-0.3, -0.25) is 10.2 Å². The van der Waals surface area contributed by atoms with Crippen LogP contribution in [0.25, 0.3) is 10.9 Å². The summed E-state index contributed by atoms with van der Waals surface area (Å²) in [5.74, 6) is -0.642. The summed E-state index contributed by atoms with van der Waals surface area (Å²) in [5.41, 5.74) is 11.6. The quantitative estimate of drug-likeness (QED) is 0.387. The number of hydrogen-bond acceptors (Lipinski definition) is 2. The maximum Gasteiger partial charge on any atom is 0.303 e. The molecule has 0 saturated carbocycles. The van der Waals surface area contributed by atoms with Crippen molar-refractivity contribution in [1.82, 2.24) is 4.57 Å². The van der Waals surface area contributed by atoms with Gasteiger partial charge in [-0.15, -0.1) is 0 Å². The number of nitrogens with one attached hydrogen (secondary N) is 1. The highest BCUT2D eigenvalue weighted by molar-refractivity contribution is 5.92. The number of aryl methyl sites for hydroxylation is 4. The van der Waals surface area contributed by atoms with E-state index in [0.717, 1.165) is 29.3 Å². The van der Waals surface area contributed by atoms with Crippen molar-refractivity contribution in [3.63, 3.8) is 0 Å². The Labute approximate surface area is 165 Å². The summed E-state index contributed by atoms with van der Waals surface area (Å²) in [4.78, 5) is 10.8. The molecule has 1 heterocycles. The number of aromatic nitrogens is 1. The molecule has 1 aromatic heterocycles. The fraction of sp³-hybridized carbons (Fsp3) is 0.304. The molecular weight excluding hydrogens is 350 g/mol. The highest BCUT2D eigenvalue weighted by Gasteiger charge is 2.13. The van der Waals surface area contributed by atoms with Crippen LogP contribution in [0.15, 0.2) is 48.7 Å². The van der Waals surface area contributed by atoms with Crippen molar-refractivity contribution in [2.45, 2.75) is 45.6 Å². The van der Waals surface area contributed by atoms with Crippen LogP contribution in [-0.2, 0) is 30.6 Å². The van der Waals surface area contributed by atoms with Gasteiger partial charge in [0.05, 0.1) is 5.84 Å². The van der Waals surface area contributed by atoms with Gasteiger partial charge in [-0.1, -0.05) is 42.0 Å². The summed E-state index contributed by atoms with van der Waals surface area (Å²) in [6, 6.07) is 14.9. The lowest BCUT2D eigenvalue weighted by molar-refractivity contribution is -0.137. The summed E-state index contributed by atoms with van der Waals surface area (Å²) in [7, 11) is 0. The average molecular weight is 377 g/mol. The number of carboxylic acids is 1. The topological polar surface area (TPSA) is 92.1 Å². The monoisotopic (exact) mass is 377 g/mol. The number of aliphatic carboxylic acids is 1. The van der Waals surface area contributed by atoms with E-state index in [-0.39, 0.29) is 12.3 Å². The van der Waals surface area contributed by atoms with E-state index >= 15 is 0 Å². The van der Waals surface area contributed by atoms with E-state index in [1.807, 2.05) is 6.20 Å². The lowest BCUT2D eigenvalue weighted by Gasteiger charge is -2.08. The van der Waals surface area contributed by atoms with Crippen LogP contribution >= 0.6 is 0 Å². The van der Waals surface area contributed by atoms with Crippen LogP contribution < -0.4 is 5.73 Å². The maximum atomic E-state index is 10.8. The van der Waals surface area contributed by atoms with Crippen molar-refractivity contribution in [3.8, 4) is 0 Å². The highest BCUT2D eigenvalue weighted by Crippen LogP contribution is 2.27. The van der Waals surface area contributed by atoms with Crippen LogP contribution in [0, 0.1) is 12.3 Å². The fourth-order valence-corrected chi connectivity index (χ4v) is 3.69. The average Bonchev–Trinajstić information content (AvgIpc) is 2.98. The molecule has 0 bridgehead atoms. The van der Waals surface area contributed by atoms with Gasteiger partial charge in [0, 0.05) is 36.5 Å². The molecule has 0 radical (unpaired) electrons. The zero-order valence-electron chi connectivity index (χ0n) is 16.2. The molecule has 0 aliphatic heterocycles. The first kappa shape index (κ1) is 19.7. The van der Waals surface area contributed by atoms with Crippen molar-refractivity contribution in [2.75, 3.05) is 0 Å². The van der Waals surface area contributed by atoms with Crippen LogP contribution in [0.3, 0.4) is 0 Å². The minimum atomic E-state index is -0.779. The summed E-state index contributed by atoms with van der Waals surface area (Å²) in [6.45, 7) is 2.73. The smallest absolute Gasteiger partial charge is 0.303 e. The molecule has 0 spiro atoms. The first-order valence-corrected chi connectivity index (χ1v) is 9.64. The zero-order chi connectivity index (χ0) is 20.1. The second-order valence-electron chi connectivity index (χ2n) is 7.34. The van der Waals surface area contributed by atoms with Gasteiger partial charge in [0.1, 0.15) is 0 Å². The first-order valence-electron chi connectivity index (χ1n) is 9.64. The van der Waals surface area contributed by atoms with Gasteiger partial charge in [0.15, 0.2) is 0 Å². The van der Waals surface area contributed by atoms with Crippen LogP contribution in [0.1, 0.15) is 35.1 Å². The number of benzene rings is 2. The standard InChI is InChI=1S/C23H27N3O2/c1-16-7-9-17(10-8-16)11-12-18-4-2-5-20-23(18)19(14-21(24)25)15-26(20)13-3-6-22(27)28/h2,4-5,7-10,15H,3,6,11-14H2,1H3,(H3,24,25)(H,27,28). The Bertz CT molecular complexity index is 987. The molecule has 0 fully saturated rings. The third kappa shape index (κ3) is 4.80. The molecule has 0 saturated heterocycles. The number of rotatable bonds is 9. The van der Waals surface area contributed by atoms with Gasteiger partial charge in [0.25, 0.3) is 0 Å². The zero-order valence-corrected chi connectivity index (χ0v) is 16.2. The van der Waals surface area contributed by atoms with Crippen LogP contribution in [0.4, 0.5) is 0 Å². The normalized spacial score (nSPS) is 11.0. The highest BCUT2D eigenvalue weighted by atomic mass is 16.4. The van der Waals surface area contributed by atoms with Crippen molar-refractivity contribution < 1.29 is 9.90 Å². The van der Waals surface area contributed by atoms with Gasteiger partial charge >= 0.3 is 5.97 Å². The molecule has 3 aromatic rings. The molecule has 146 valence electrons. The largest absolute Gasteiger partial charge is 0.481 e. The number of nitrogens with two attached hydrogens (primary N) is 1. The molecule has 28 heavy (non-hydrogen) atoms. The second-order valence-corrected chi connectivity index (χ2v) is 7.34. The first-order chi connectivity index (χ1) is 13.4. The molecule has 2 aromatic carbocycles. The van der Waals surface area contributed by atoms with E-state index in [2.05, 4.69) is 54.0 Å². The Hall–Kier alpha value is -3.08. The van der Waals surface area contributed by atoms with E-state index in [9.17, 15) is 4.79 Å². The number of carboxylic acid groups (broad SMARTS) is 1. The third-order valence-electron chi connectivity index (χ3n) is 5.05. The fourth-order valence-electron chi connectivity index (χ4n) is 3.69. The van der Waals surface area contributed by atoms with Gasteiger partial charge in [-0.25, -0.2) is 0 Å². The van der Waals surface area contributed by atoms with Crippen LogP contribution in [0.2, 0.25) is 0 Å². The number of hydrogen-bond donors (Lipinski definition) is 3. The van der Waals surface area contributed by atoms with E-state index in [1.54, 1.807) is 0 Å². The summed E-state index contributed by atoms with van der Waals surface area (Å²) in [5, 5.41) is 17.8. The Morgan fingerprint density at radius 2 is 1.86 bits per heavy atom. The molecule has 3 rings (SSSR count). The Morgan fingerprint density at radius 1 is 1.11 bits per heavy atom. The third-order valence-corrected chi connectivity index (χ3v) is 5.05. The predicted octanol–water partition coefficient (Wildman–Crippen LogP) is 4.08. The minimum absolute atomic E-state index is 0.137.